The summed E-state index contributed by atoms with van der Waals surface area (Å²) in [6, 6.07) is 5.75. The number of hydrogen-bond donors (Lipinski definition) is 1. The van der Waals surface area contributed by atoms with Crippen LogP contribution in [0.5, 0.6) is 0 Å². The number of rotatable bonds is 4. The first kappa shape index (κ1) is 21.4. The molecule has 1 aromatic carbocycles. The minimum Gasteiger partial charge on any atom is -0.296 e. The van der Waals surface area contributed by atoms with Gasteiger partial charge in [0.25, 0.3) is 11.5 Å². The molecule has 0 fully saturated rings. The lowest BCUT2D eigenvalue weighted by molar-refractivity contribution is -0.144. The van der Waals surface area contributed by atoms with E-state index in [0.29, 0.717) is 15.2 Å². The molecule has 0 radical (unpaired) electrons. The highest BCUT2D eigenvalue weighted by molar-refractivity contribution is 7.15. The second-order valence-electron chi connectivity index (χ2n) is 6.65. The average Bonchev–Trinajstić information content (AvgIpc) is 3.13. The molecular weight excluding hydrogens is 423 g/mol. The van der Waals surface area contributed by atoms with Gasteiger partial charge in [-0.2, -0.15) is 13.2 Å². The zero-order valence-corrected chi connectivity index (χ0v) is 16.8. The minimum atomic E-state index is -4.86. The second kappa shape index (κ2) is 7.86. The maximum Gasteiger partial charge on any atom is 0.431 e. The van der Waals surface area contributed by atoms with Gasteiger partial charge in [0, 0.05) is 24.6 Å². The van der Waals surface area contributed by atoms with Gasteiger partial charge in [0.05, 0.1) is 5.69 Å². The molecule has 1 N–H and O–H groups in total. The first-order valence-electron chi connectivity index (χ1n) is 8.64. The third kappa shape index (κ3) is 4.17. The molecule has 8 nitrogen and oxygen atoms in total. The standard InChI is InChI=1S/C18H16F3N5O3S/c1-9(2)15-23-24-16(30-15)22-14(28)10-5-4-6-11(7-10)26-13(27)8-12(18(19,20)21)25(3)17(26)29/h4-9H,1-3H3,(H,22,24,28). The van der Waals surface area contributed by atoms with E-state index < -0.39 is 29.0 Å². The smallest absolute Gasteiger partial charge is 0.296 e. The van der Waals surface area contributed by atoms with Crippen LogP contribution >= 0.6 is 11.3 Å². The van der Waals surface area contributed by atoms with Crippen molar-refractivity contribution in [3.63, 3.8) is 0 Å². The normalized spacial score (nSPS) is 11.7. The van der Waals surface area contributed by atoms with Gasteiger partial charge in [0.1, 0.15) is 10.7 Å². The average molecular weight is 439 g/mol. The van der Waals surface area contributed by atoms with Gasteiger partial charge in [-0.05, 0) is 18.2 Å². The largest absolute Gasteiger partial charge is 0.431 e. The fraction of sp³-hybridized carbons (Fsp3) is 0.278. The van der Waals surface area contributed by atoms with E-state index in [1.54, 1.807) is 0 Å². The maximum atomic E-state index is 13.0. The summed E-state index contributed by atoms with van der Waals surface area (Å²) < 4.78 is 39.9. The van der Waals surface area contributed by atoms with Crippen LogP contribution in [0.15, 0.2) is 39.9 Å². The maximum absolute atomic E-state index is 13.0. The predicted molar refractivity (Wildman–Crippen MR) is 104 cm³/mol. The highest BCUT2D eigenvalue weighted by atomic mass is 32.1. The molecule has 0 aliphatic rings. The Kier molecular flexibility index (Phi) is 5.61. The summed E-state index contributed by atoms with van der Waals surface area (Å²) in [4.78, 5) is 37.1. The summed E-state index contributed by atoms with van der Waals surface area (Å²) in [7, 11) is 0.916. The van der Waals surface area contributed by atoms with Crippen LogP contribution in [0.2, 0.25) is 0 Å². The van der Waals surface area contributed by atoms with Crippen molar-refractivity contribution in [3.8, 4) is 5.69 Å². The van der Waals surface area contributed by atoms with Crippen molar-refractivity contribution in [1.29, 1.82) is 0 Å². The third-order valence-corrected chi connectivity index (χ3v) is 5.27. The summed E-state index contributed by atoms with van der Waals surface area (Å²) >= 11 is 1.21. The van der Waals surface area contributed by atoms with Gasteiger partial charge in [-0.1, -0.05) is 31.3 Å². The summed E-state index contributed by atoms with van der Waals surface area (Å²) in [5, 5.41) is 11.4. The first-order chi connectivity index (χ1) is 14.0. The van der Waals surface area contributed by atoms with Crippen molar-refractivity contribution in [2.45, 2.75) is 25.9 Å². The zero-order valence-electron chi connectivity index (χ0n) is 16.0. The van der Waals surface area contributed by atoms with Crippen LogP contribution < -0.4 is 16.6 Å². The Bertz CT molecular complexity index is 1230. The van der Waals surface area contributed by atoms with E-state index in [4.69, 9.17) is 0 Å². The summed E-state index contributed by atoms with van der Waals surface area (Å²) in [5.41, 5.74) is -3.66. The molecule has 12 heteroatoms. The van der Waals surface area contributed by atoms with E-state index in [1.165, 1.54) is 35.6 Å². The topological polar surface area (TPSA) is 98.9 Å². The molecule has 30 heavy (non-hydrogen) atoms. The van der Waals surface area contributed by atoms with Crippen molar-refractivity contribution in [2.24, 2.45) is 7.05 Å². The van der Waals surface area contributed by atoms with Gasteiger partial charge in [-0.15, -0.1) is 10.2 Å². The van der Waals surface area contributed by atoms with Crippen molar-refractivity contribution in [2.75, 3.05) is 5.32 Å². The molecule has 158 valence electrons. The molecule has 3 aromatic rings. The number of nitrogens with zero attached hydrogens (tertiary/aromatic N) is 4. The minimum absolute atomic E-state index is 0.0397. The molecule has 0 saturated heterocycles. The number of amides is 1. The van der Waals surface area contributed by atoms with E-state index >= 15 is 0 Å². The number of alkyl halides is 3. The number of hydrogen-bond acceptors (Lipinski definition) is 6. The van der Waals surface area contributed by atoms with E-state index in [-0.39, 0.29) is 22.3 Å². The number of anilines is 1. The zero-order chi connectivity index (χ0) is 22.2. The quantitative estimate of drug-likeness (QED) is 0.674. The Hall–Kier alpha value is -3.28. The molecule has 0 atom stereocenters. The third-order valence-electron chi connectivity index (χ3n) is 4.13. The predicted octanol–water partition coefficient (Wildman–Crippen LogP) is 2.78. The molecule has 2 aromatic heterocycles. The molecular formula is C18H16F3N5O3S. The van der Waals surface area contributed by atoms with E-state index in [0.717, 1.165) is 12.1 Å². The van der Waals surface area contributed by atoms with Crippen LogP contribution in [0.4, 0.5) is 18.3 Å². The number of carbonyl (C=O) groups is 1. The van der Waals surface area contributed by atoms with Gasteiger partial charge < -0.3 is 0 Å². The SMILES string of the molecule is CC(C)c1nnc(NC(=O)c2cccc(-n3c(=O)cc(C(F)(F)F)n(C)c3=O)c2)s1. The van der Waals surface area contributed by atoms with Crippen LogP contribution in [-0.4, -0.2) is 25.2 Å². The molecule has 2 heterocycles. The Labute approximate surface area is 171 Å². The lowest BCUT2D eigenvalue weighted by Crippen LogP contribution is -2.40. The van der Waals surface area contributed by atoms with Crippen molar-refractivity contribution in [3.05, 3.63) is 67.4 Å². The number of aromatic nitrogens is 4. The molecule has 0 unspecified atom stereocenters. The first-order valence-corrected chi connectivity index (χ1v) is 9.46. The molecule has 0 aliphatic heterocycles. The monoisotopic (exact) mass is 439 g/mol. The van der Waals surface area contributed by atoms with E-state index in [1.807, 2.05) is 13.8 Å². The Morgan fingerprint density at radius 3 is 2.47 bits per heavy atom. The summed E-state index contributed by atoms with van der Waals surface area (Å²) in [6.45, 7) is 3.86. The Morgan fingerprint density at radius 2 is 1.87 bits per heavy atom. The van der Waals surface area contributed by atoms with Crippen molar-refractivity contribution in [1.82, 2.24) is 19.3 Å². The Balaban J connectivity index is 1.97. The second-order valence-corrected chi connectivity index (χ2v) is 7.66. The summed E-state index contributed by atoms with van der Waals surface area (Å²) in [5.74, 6) is -0.431. The fourth-order valence-corrected chi connectivity index (χ4v) is 3.35. The fourth-order valence-electron chi connectivity index (χ4n) is 2.61. The lowest BCUT2D eigenvalue weighted by Gasteiger charge is -2.14. The van der Waals surface area contributed by atoms with Gasteiger partial charge in [0.15, 0.2) is 0 Å². The van der Waals surface area contributed by atoms with Crippen LogP contribution in [0.1, 0.15) is 40.8 Å². The number of benzene rings is 1. The molecule has 1 amide bonds. The Morgan fingerprint density at radius 1 is 1.17 bits per heavy atom. The summed E-state index contributed by atoms with van der Waals surface area (Å²) in [6.07, 6.45) is -4.86. The van der Waals surface area contributed by atoms with Crippen molar-refractivity contribution < 1.29 is 18.0 Å². The number of nitrogens with one attached hydrogen (secondary N) is 1. The lowest BCUT2D eigenvalue weighted by atomic mass is 10.2. The highest BCUT2D eigenvalue weighted by Crippen LogP contribution is 2.27. The number of carbonyl (C=O) groups excluding carboxylic acids is 1. The van der Waals surface area contributed by atoms with Crippen LogP contribution in [-0.2, 0) is 13.2 Å². The molecule has 0 bridgehead atoms. The molecule has 3 rings (SSSR count). The van der Waals surface area contributed by atoms with Gasteiger partial charge >= 0.3 is 11.9 Å². The van der Waals surface area contributed by atoms with E-state index in [2.05, 4.69) is 15.5 Å². The van der Waals surface area contributed by atoms with Crippen LogP contribution in [0, 0.1) is 0 Å². The molecule has 0 aliphatic carbocycles. The van der Waals surface area contributed by atoms with Crippen LogP contribution in [0.25, 0.3) is 5.69 Å². The molecule has 0 spiro atoms. The van der Waals surface area contributed by atoms with Crippen molar-refractivity contribution >= 4 is 22.4 Å². The number of halogens is 3. The molecule has 0 saturated carbocycles. The van der Waals surface area contributed by atoms with Gasteiger partial charge in [0.2, 0.25) is 5.13 Å². The highest BCUT2D eigenvalue weighted by Gasteiger charge is 2.35. The van der Waals surface area contributed by atoms with Gasteiger partial charge in [-0.25, -0.2) is 9.36 Å². The van der Waals surface area contributed by atoms with E-state index in [9.17, 15) is 27.6 Å². The van der Waals surface area contributed by atoms with Crippen LogP contribution in [0.3, 0.4) is 0 Å². The van der Waals surface area contributed by atoms with Gasteiger partial charge in [-0.3, -0.25) is 19.5 Å².